The Kier molecular flexibility index (Phi) is 2.49. The first kappa shape index (κ1) is 10.9. The van der Waals surface area contributed by atoms with E-state index >= 15 is 0 Å². The molecule has 0 aromatic heterocycles. The Morgan fingerprint density at radius 3 is 2.36 bits per heavy atom. The highest BCUT2D eigenvalue weighted by molar-refractivity contribution is 5.99. The SMILES string of the molecule is CO[C@]1(C)[C@H](F)C(=O)N(C)C(=O)N1C. The summed E-state index contributed by atoms with van der Waals surface area (Å²) in [5.41, 5.74) is -1.51. The fourth-order valence-electron chi connectivity index (χ4n) is 1.32. The maximum Gasteiger partial charge on any atom is 0.328 e. The van der Waals surface area contributed by atoms with Crippen molar-refractivity contribution in [2.45, 2.75) is 18.8 Å². The Morgan fingerprint density at radius 2 is 1.93 bits per heavy atom. The lowest BCUT2D eigenvalue weighted by atomic mass is 10.1. The minimum Gasteiger partial charge on any atom is -0.355 e. The summed E-state index contributed by atoms with van der Waals surface area (Å²) in [7, 11) is 3.89. The van der Waals surface area contributed by atoms with Crippen molar-refractivity contribution < 1.29 is 18.7 Å². The van der Waals surface area contributed by atoms with Crippen LogP contribution >= 0.6 is 0 Å². The highest BCUT2D eigenvalue weighted by Crippen LogP contribution is 2.28. The van der Waals surface area contributed by atoms with E-state index in [4.69, 9.17) is 4.74 Å². The van der Waals surface area contributed by atoms with Gasteiger partial charge in [-0.2, -0.15) is 0 Å². The third-order valence-corrected chi connectivity index (χ3v) is 2.67. The summed E-state index contributed by atoms with van der Waals surface area (Å²) in [5, 5.41) is 0. The third-order valence-electron chi connectivity index (χ3n) is 2.67. The van der Waals surface area contributed by atoms with Crippen LogP contribution in [0.4, 0.5) is 9.18 Å². The number of rotatable bonds is 1. The van der Waals surface area contributed by atoms with E-state index in [1.165, 1.54) is 28.1 Å². The first-order valence-corrected chi connectivity index (χ1v) is 4.11. The Balaban J connectivity index is 3.10. The first-order valence-electron chi connectivity index (χ1n) is 4.11. The molecule has 0 saturated carbocycles. The topological polar surface area (TPSA) is 49.9 Å². The quantitative estimate of drug-likeness (QED) is 0.613. The van der Waals surface area contributed by atoms with Gasteiger partial charge in [-0.25, -0.2) is 9.18 Å². The van der Waals surface area contributed by atoms with Gasteiger partial charge in [-0.1, -0.05) is 0 Å². The van der Waals surface area contributed by atoms with E-state index in [0.29, 0.717) is 0 Å². The molecule has 1 aliphatic rings. The number of halogens is 1. The molecule has 0 unspecified atom stereocenters. The number of hydrogen-bond donors (Lipinski definition) is 0. The predicted molar refractivity (Wildman–Crippen MR) is 46.2 cm³/mol. The number of carbonyl (C=O) groups is 2. The number of ether oxygens (including phenoxy) is 1. The predicted octanol–water partition coefficient (Wildman–Crippen LogP) is 0.211. The van der Waals surface area contributed by atoms with Gasteiger partial charge in [0, 0.05) is 21.2 Å². The van der Waals surface area contributed by atoms with Gasteiger partial charge in [0.2, 0.25) is 6.17 Å². The van der Waals surface area contributed by atoms with Gasteiger partial charge in [0.05, 0.1) is 0 Å². The molecule has 0 aromatic carbocycles. The second-order valence-corrected chi connectivity index (χ2v) is 3.36. The van der Waals surface area contributed by atoms with Gasteiger partial charge in [0.15, 0.2) is 5.72 Å². The van der Waals surface area contributed by atoms with Crippen molar-refractivity contribution in [2.75, 3.05) is 21.2 Å². The first-order chi connectivity index (χ1) is 6.36. The van der Waals surface area contributed by atoms with Crippen LogP contribution in [0.25, 0.3) is 0 Å². The molecule has 1 fully saturated rings. The summed E-state index contributed by atoms with van der Waals surface area (Å²) in [6.45, 7) is 1.36. The zero-order chi connectivity index (χ0) is 11.1. The molecule has 0 bridgehead atoms. The summed E-state index contributed by atoms with van der Waals surface area (Å²) < 4.78 is 18.5. The Labute approximate surface area is 81.4 Å². The van der Waals surface area contributed by atoms with Crippen LogP contribution in [0.2, 0.25) is 0 Å². The Hall–Kier alpha value is -1.17. The molecule has 0 aliphatic carbocycles. The summed E-state index contributed by atoms with van der Waals surface area (Å²) >= 11 is 0. The molecule has 2 atom stereocenters. The van der Waals surface area contributed by atoms with Crippen molar-refractivity contribution in [2.24, 2.45) is 0 Å². The van der Waals surface area contributed by atoms with E-state index in [1.54, 1.807) is 0 Å². The number of imide groups is 1. The molecule has 3 amide bonds. The van der Waals surface area contributed by atoms with Gasteiger partial charge in [-0.3, -0.25) is 14.6 Å². The molecule has 1 aliphatic heterocycles. The highest BCUT2D eigenvalue weighted by atomic mass is 19.1. The molecule has 1 rings (SSSR count). The van der Waals surface area contributed by atoms with Gasteiger partial charge in [0.1, 0.15) is 0 Å². The smallest absolute Gasteiger partial charge is 0.328 e. The van der Waals surface area contributed by atoms with Crippen molar-refractivity contribution in [1.29, 1.82) is 0 Å². The number of carbonyl (C=O) groups excluding carboxylic acids is 2. The number of hydrogen-bond acceptors (Lipinski definition) is 3. The third kappa shape index (κ3) is 1.18. The molecule has 14 heavy (non-hydrogen) atoms. The molecule has 80 valence electrons. The second kappa shape index (κ2) is 3.20. The molecular formula is C8H13FN2O3. The maximum absolute atomic E-state index is 13.6. The molecular weight excluding hydrogens is 191 g/mol. The molecule has 0 aromatic rings. The number of alkyl halides is 1. The summed E-state index contributed by atoms with van der Waals surface area (Å²) in [5.74, 6) is -0.877. The second-order valence-electron chi connectivity index (χ2n) is 3.36. The van der Waals surface area contributed by atoms with Crippen LogP contribution in [0.15, 0.2) is 0 Å². The van der Waals surface area contributed by atoms with Crippen LogP contribution in [0.1, 0.15) is 6.92 Å². The summed E-state index contributed by atoms with van der Waals surface area (Å²) in [6, 6.07) is -0.576. The Bertz CT molecular complexity index is 260. The molecule has 0 radical (unpaired) electrons. The molecule has 1 heterocycles. The minimum absolute atomic E-state index is 0.576. The van der Waals surface area contributed by atoms with E-state index in [2.05, 4.69) is 0 Å². The van der Waals surface area contributed by atoms with Crippen molar-refractivity contribution in [3.63, 3.8) is 0 Å². The fourth-order valence-corrected chi connectivity index (χ4v) is 1.32. The number of amides is 3. The maximum atomic E-state index is 13.6. The number of methoxy groups -OCH3 is 1. The van der Waals surface area contributed by atoms with Crippen LogP contribution in [0.3, 0.4) is 0 Å². The highest BCUT2D eigenvalue weighted by Gasteiger charge is 2.52. The lowest BCUT2D eigenvalue weighted by Crippen LogP contribution is -2.67. The molecule has 5 nitrogen and oxygen atoms in total. The standard InChI is InChI=1S/C8H13FN2O3/c1-8(14-4)5(9)6(12)10(2)7(13)11(8)3/h5H,1-4H3/t5-,8-/m1/s1. The van der Waals surface area contributed by atoms with Gasteiger partial charge in [-0.05, 0) is 6.92 Å². The number of nitrogens with zero attached hydrogens (tertiary/aromatic N) is 2. The van der Waals surface area contributed by atoms with Crippen molar-refractivity contribution in [3.8, 4) is 0 Å². The van der Waals surface area contributed by atoms with E-state index < -0.39 is 23.8 Å². The molecule has 0 spiro atoms. The van der Waals surface area contributed by atoms with Gasteiger partial charge in [0.25, 0.3) is 5.91 Å². The van der Waals surface area contributed by atoms with E-state index in [0.717, 1.165) is 9.80 Å². The summed E-state index contributed by atoms with van der Waals surface area (Å²) in [4.78, 5) is 24.5. The van der Waals surface area contributed by atoms with Crippen molar-refractivity contribution in [1.82, 2.24) is 9.80 Å². The van der Waals surface area contributed by atoms with Gasteiger partial charge < -0.3 is 4.74 Å². The molecule has 6 heteroatoms. The lowest BCUT2D eigenvalue weighted by Gasteiger charge is -2.45. The van der Waals surface area contributed by atoms with E-state index in [-0.39, 0.29) is 0 Å². The lowest BCUT2D eigenvalue weighted by molar-refractivity contribution is -0.179. The van der Waals surface area contributed by atoms with E-state index in [1.807, 2.05) is 0 Å². The molecule has 1 saturated heterocycles. The number of urea groups is 1. The van der Waals surface area contributed by atoms with Crippen molar-refractivity contribution in [3.05, 3.63) is 0 Å². The summed E-state index contributed by atoms with van der Waals surface area (Å²) in [6.07, 6.45) is -1.86. The van der Waals surface area contributed by atoms with Crippen LogP contribution in [0, 0.1) is 0 Å². The average molecular weight is 204 g/mol. The van der Waals surface area contributed by atoms with Gasteiger partial charge >= 0.3 is 6.03 Å². The van der Waals surface area contributed by atoms with Gasteiger partial charge in [-0.15, -0.1) is 0 Å². The van der Waals surface area contributed by atoms with E-state index in [9.17, 15) is 14.0 Å². The zero-order valence-corrected chi connectivity index (χ0v) is 8.57. The monoisotopic (exact) mass is 204 g/mol. The Morgan fingerprint density at radius 1 is 1.43 bits per heavy atom. The van der Waals surface area contributed by atoms with Crippen LogP contribution < -0.4 is 0 Å². The normalized spacial score (nSPS) is 33.9. The fraction of sp³-hybridized carbons (Fsp3) is 0.750. The average Bonchev–Trinajstić information content (AvgIpc) is 2.21. The van der Waals surface area contributed by atoms with Crippen LogP contribution in [0.5, 0.6) is 0 Å². The molecule has 0 N–H and O–H groups in total. The largest absolute Gasteiger partial charge is 0.355 e. The van der Waals surface area contributed by atoms with Crippen LogP contribution in [-0.4, -0.2) is 54.8 Å². The minimum atomic E-state index is -1.86. The van der Waals surface area contributed by atoms with Crippen LogP contribution in [-0.2, 0) is 9.53 Å². The zero-order valence-electron chi connectivity index (χ0n) is 8.57. The van der Waals surface area contributed by atoms with Crippen molar-refractivity contribution >= 4 is 11.9 Å².